The molecule has 2 N–H and O–H groups in total. The smallest absolute Gasteiger partial charge is 0.231 e. The van der Waals surface area contributed by atoms with Crippen molar-refractivity contribution in [2.45, 2.75) is 88.1 Å². The summed E-state index contributed by atoms with van der Waals surface area (Å²) in [5.41, 5.74) is -0.247. The van der Waals surface area contributed by atoms with E-state index in [0.717, 1.165) is 25.7 Å². The number of hydrogen-bond acceptors (Lipinski definition) is 2. The lowest BCUT2D eigenvalue weighted by Crippen LogP contribution is -2.60. The Kier molecular flexibility index (Phi) is 5.70. The summed E-state index contributed by atoms with van der Waals surface area (Å²) in [6.45, 7) is 0. The summed E-state index contributed by atoms with van der Waals surface area (Å²) < 4.78 is 14.6. The zero-order chi connectivity index (χ0) is 19.6. The Labute approximate surface area is 166 Å². The Bertz CT molecular complexity index is 723. The first-order valence-corrected chi connectivity index (χ1v) is 11.0. The molecule has 28 heavy (non-hydrogen) atoms. The van der Waals surface area contributed by atoms with Crippen molar-refractivity contribution in [3.63, 3.8) is 0 Å². The predicted octanol–water partition coefficient (Wildman–Crippen LogP) is 3.98. The first kappa shape index (κ1) is 19.4. The maximum absolute atomic E-state index is 14.6. The quantitative estimate of drug-likeness (QED) is 0.822. The zero-order valence-electron chi connectivity index (χ0n) is 16.5. The van der Waals surface area contributed by atoms with E-state index in [0.29, 0.717) is 37.2 Å². The fraction of sp³-hybridized carbons (Fsp3) is 0.652. The molecule has 1 aliphatic heterocycles. The van der Waals surface area contributed by atoms with Gasteiger partial charge in [-0.1, -0.05) is 50.3 Å². The van der Waals surface area contributed by atoms with Crippen molar-refractivity contribution in [2.24, 2.45) is 5.92 Å². The SMILES string of the molecule is O=C1CCC(NC(=O)C2(c3ccccc3F)CCCC2)C(C2CCCCC2)N1. The van der Waals surface area contributed by atoms with Crippen molar-refractivity contribution in [2.75, 3.05) is 0 Å². The molecule has 152 valence electrons. The minimum absolute atomic E-state index is 0.00423. The van der Waals surface area contributed by atoms with Gasteiger partial charge in [0, 0.05) is 18.0 Å². The third-order valence-corrected chi connectivity index (χ3v) is 7.20. The van der Waals surface area contributed by atoms with Crippen LogP contribution in [0.5, 0.6) is 0 Å². The molecule has 2 aliphatic carbocycles. The Morgan fingerprint density at radius 2 is 1.75 bits per heavy atom. The van der Waals surface area contributed by atoms with E-state index in [1.54, 1.807) is 12.1 Å². The maximum atomic E-state index is 14.6. The van der Waals surface area contributed by atoms with Gasteiger partial charge in [0.15, 0.2) is 0 Å². The second kappa shape index (κ2) is 8.22. The van der Waals surface area contributed by atoms with Gasteiger partial charge in [-0.25, -0.2) is 4.39 Å². The molecule has 0 radical (unpaired) electrons. The molecule has 1 aromatic rings. The van der Waals surface area contributed by atoms with Gasteiger partial charge < -0.3 is 10.6 Å². The van der Waals surface area contributed by atoms with Crippen LogP contribution >= 0.6 is 0 Å². The third-order valence-electron chi connectivity index (χ3n) is 7.20. The lowest BCUT2D eigenvalue weighted by molar-refractivity contribution is -0.131. The lowest BCUT2D eigenvalue weighted by Gasteiger charge is -2.41. The molecule has 0 bridgehead atoms. The summed E-state index contributed by atoms with van der Waals surface area (Å²) in [5, 5.41) is 6.44. The van der Waals surface area contributed by atoms with Crippen LogP contribution in [0.15, 0.2) is 24.3 Å². The standard InChI is InChI=1S/C23H31FN2O2/c24-18-11-5-4-10-17(18)23(14-6-7-15-23)22(28)25-19-12-13-20(27)26-21(19)16-8-2-1-3-9-16/h4-5,10-11,16,19,21H,1-3,6-9,12-15H2,(H,25,28)(H,26,27). The summed E-state index contributed by atoms with van der Waals surface area (Å²) in [4.78, 5) is 25.6. The molecular formula is C23H31FN2O2. The van der Waals surface area contributed by atoms with Crippen molar-refractivity contribution < 1.29 is 14.0 Å². The Hall–Kier alpha value is -1.91. The van der Waals surface area contributed by atoms with Crippen LogP contribution in [0.25, 0.3) is 0 Å². The van der Waals surface area contributed by atoms with Crippen LogP contribution in [0.1, 0.15) is 76.2 Å². The molecule has 3 aliphatic rings. The molecule has 2 saturated carbocycles. The van der Waals surface area contributed by atoms with Crippen molar-refractivity contribution in [1.29, 1.82) is 0 Å². The van der Waals surface area contributed by atoms with Crippen molar-refractivity contribution in [3.8, 4) is 0 Å². The fourth-order valence-electron chi connectivity index (χ4n) is 5.68. The number of amides is 2. The van der Waals surface area contributed by atoms with Crippen LogP contribution in [0.4, 0.5) is 4.39 Å². The molecular weight excluding hydrogens is 355 g/mol. The third kappa shape index (κ3) is 3.68. The molecule has 4 nitrogen and oxygen atoms in total. The van der Waals surface area contributed by atoms with Crippen molar-refractivity contribution in [1.82, 2.24) is 10.6 Å². The van der Waals surface area contributed by atoms with Gasteiger partial charge in [0.25, 0.3) is 0 Å². The predicted molar refractivity (Wildman–Crippen MR) is 106 cm³/mol. The Balaban J connectivity index is 1.56. The average Bonchev–Trinajstić information content (AvgIpc) is 3.21. The minimum atomic E-state index is -0.774. The molecule has 0 spiro atoms. The molecule has 1 heterocycles. The largest absolute Gasteiger partial charge is 0.351 e. The average molecular weight is 387 g/mol. The van der Waals surface area contributed by atoms with Gasteiger partial charge >= 0.3 is 0 Å². The van der Waals surface area contributed by atoms with E-state index in [9.17, 15) is 14.0 Å². The van der Waals surface area contributed by atoms with Gasteiger partial charge in [-0.2, -0.15) is 0 Å². The van der Waals surface area contributed by atoms with E-state index < -0.39 is 5.41 Å². The Morgan fingerprint density at radius 3 is 2.46 bits per heavy atom. The van der Waals surface area contributed by atoms with Gasteiger partial charge in [0.05, 0.1) is 11.5 Å². The van der Waals surface area contributed by atoms with Crippen LogP contribution in [0.2, 0.25) is 0 Å². The highest BCUT2D eigenvalue weighted by Gasteiger charge is 2.46. The van der Waals surface area contributed by atoms with Crippen LogP contribution in [0.3, 0.4) is 0 Å². The van der Waals surface area contributed by atoms with E-state index in [4.69, 9.17) is 0 Å². The van der Waals surface area contributed by atoms with E-state index in [1.165, 1.54) is 25.3 Å². The highest BCUT2D eigenvalue weighted by molar-refractivity contribution is 5.89. The summed E-state index contributed by atoms with van der Waals surface area (Å²) >= 11 is 0. The van der Waals surface area contributed by atoms with Crippen molar-refractivity contribution >= 4 is 11.8 Å². The highest BCUT2D eigenvalue weighted by atomic mass is 19.1. The number of piperidine rings is 1. The summed E-state index contributed by atoms with van der Waals surface area (Å²) in [7, 11) is 0. The number of carbonyl (C=O) groups is 2. The Morgan fingerprint density at radius 1 is 1.04 bits per heavy atom. The fourth-order valence-corrected chi connectivity index (χ4v) is 5.68. The molecule has 2 atom stereocenters. The zero-order valence-corrected chi connectivity index (χ0v) is 16.5. The number of halogens is 1. The molecule has 1 saturated heterocycles. The van der Waals surface area contributed by atoms with Gasteiger partial charge in [-0.3, -0.25) is 9.59 Å². The van der Waals surface area contributed by atoms with Crippen LogP contribution in [-0.2, 0) is 15.0 Å². The van der Waals surface area contributed by atoms with Gasteiger partial charge in [-0.05, 0) is 44.1 Å². The molecule has 1 aromatic carbocycles. The normalized spacial score (nSPS) is 28.0. The summed E-state index contributed by atoms with van der Waals surface area (Å²) in [5.74, 6) is 0.166. The van der Waals surface area contributed by atoms with Gasteiger partial charge in [0.1, 0.15) is 5.82 Å². The second-order valence-electron chi connectivity index (χ2n) is 8.88. The minimum Gasteiger partial charge on any atom is -0.351 e. The number of benzene rings is 1. The van der Waals surface area contributed by atoms with E-state index in [2.05, 4.69) is 10.6 Å². The number of rotatable bonds is 4. The number of hydrogen-bond donors (Lipinski definition) is 2. The monoisotopic (exact) mass is 386 g/mol. The number of nitrogens with one attached hydrogen (secondary N) is 2. The first-order chi connectivity index (χ1) is 13.6. The molecule has 5 heteroatoms. The molecule has 2 amide bonds. The van der Waals surface area contributed by atoms with E-state index in [1.807, 2.05) is 6.07 Å². The maximum Gasteiger partial charge on any atom is 0.231 e. The highest BCUT2D eigenvalue weighted by Crippen LogP contribution is 2.43. The molecule has 0 aromatic heterocycles. The molecule has 3 fully saturated rings. The second-order valence-corrected chi connectivity index (χ2v) is 8.88. The number of carbonyl (C=O) groups excluding carboxylic acids is 2. The van der Waals surface area contributed by atoms with Crippen LogP contribution in [0, 0.1) is 11.7 Å². The van der Waals surface area contributed by atoms with Crippen molar-refractivity contribution in [3.05, 3.63) is 35.6 Å². The summed E-state index contributed by atoms with van der Waals surface area (Å²) in [6, 6.07) is 6.66. The molecule has 2 unspecified atom stereocenters. The lowest BCUT2D eigenvalue weighted by atomic mass is 9.75. The summed E-state index contributed by atoms with van der Waals surface area (Å²) in [6.07, 6.45) is 10.2. The van der Waals surface area contributed by atoms with E-state index >= 15 is 0 Å². The molecule has 4 rings (SSSR count). The van der Waals surface area contributed by atoms with Gasteiger partial charge in [-0.15, -0.1) is 0 Å². The first-order valence-electron chi connectivity index (χ1n) is 11.0. The van der Waals surface area contributed by atoms with Crippen LogP contribution < -0.4 is 10.6 Å². The van der Waals surface area contributed by atoms with Crippen LogP contribution in [-0.4, -0.2) is 23.9 Å². The van der Waals surface area contributed by atoms with Gasteiger partial charge in [0.2, 0.25) is 11.8 Å². The van der Waals surface area contributed by atoms with E-state index in [-0.39, 0.29) is 29.7 Å². The topological polar surface area (TPSA) is 58.2 Å².